The van der Waals surface area contributed by atoms with Crippen LogP contribution in [0.15, 0.2) is 54.6 Å². The van der Waals surface area contributed by atoms with Crippen LogP contribution >= 0.6 is 11.3 Å². The number of rotatable bonds is 8. The van der Waals surface area contributed by atoms with Crippen LogP contribution in [-0.2, 0) is 0 Å². The third-order valence-electron chi connectivity index (χ3n) is 4.21. The summed E-state index contributed by atoms with van der Waals surface area (Å²) in [6, 6.07) is 15.3. The molecule has 2 N–H and O–H groups in total. The van der Waals surface area contributed by atoms with Gasteiger partial charge in [-0.05, 0) is 36.6 Å². The number of anilines is 2. The van der Waals surface area contributed by atoms with E-state index >= 15 is 0 Å². The monoisotopic (exact) mass is 410 g/mol. The predicted octanol–water partition coefficient (Wildman–Crippen LogP) is 5.43. The molecule has 0 aliphatic carbocycles. The first-order valence-electron chi connectivity index (χ1n) is 9.30. The quantitative estimate of drug-likeness (QED) is 0.381. The summed E-state index contributed by atoms with van der Waals surface area (Å²) in [5.41, 5.74) is 1.84. The van der Waals surface area contributed by atoms with E-state index in [-0.39, 0.29) is 11.6 Å². The standard InChI is InChI=1S/C21H22N4O3S/c1-14(2)12-13-22-21-24-18(15-8-10-17(11-9-15)25(27)28)19(29-21)20(26)23-16-6-4-3-5-7-16/h3-11,14H,12-13H2,1-2H3,(H,22,24)(H,23,26). The van der Waals surface area contributed by atoms with Crippen LogP contribution < -0.4 is 10.6 Å². The normalized spacial score (nSPS) is 10.7. The van der Waals surface area contributed by atoms with E-state index < -0.39 is 4.92 Å². The number of benzene rings is 2. The second kappa shape index (κ2) is 9.29. The molecule has 0 aliphatic rings. The zero-order valence-corrected chi connectivity index (χ0v) is 17.0. The number of carbonyl (C=O) groups is 1. The molecule has 2 aromatic carbocycles. The summed E-state index contributed by atoms with van der Waals surface area (Å²) in [6.07, 6.45) is 0.984. The van der Waals surface area contributed by atoms with Gasteiger partial charge in [-0.25, -0.2) is 4.98 Å². The first-order chi connectivity index (χ1) is 13.9. The van der Waals surface area contributed by atoms with Gasteiger partial charge in [0.15, 0.2) is 5.13 Å². The van der Waals surface area contributed by atoms with Crippen LogP contribution in [0, 0.1) is 16.0 Å². The number of thiazole rings is 1. The van der Waals surface area contributed by atoms with Crippen molar-refractivity contribution < 1.29 is 9.72 Å². The second-order valence-electron chi connectivity index (χ2n) is 6.93. The van der Waals surface area contributed by atoms with Gasteiger partial charge in [0.25, 0.3) is 11.6 Å². The Labute approximate surface area is 173 Å². The Morgan fingerprint density at radius 2 is 1.83 bits per heavy atom. The molecule has 0 spiro atoms. The maximum atomic E-state index is 12.9. The Bertz CT molecular complexity index is 985. The van der Waals surface area contributed by atoms with E-state index in [0.717, 1.165) is 13.0 Å². The number of hydrogen-bond donors (Lipinski definition) is 2. The maximum Gasteiger partial charge on any atom is 0.269 e. The van der Waals surface area contributed by atoms with E-state index in [9.17, 15) is 14.9 Å². The Balaban J connectivity index is 1.90. The van der Waals surface area contributed by atoms with Gasteiger partial charge in [-0.3, -0.25) is 14.9 Å². The lowest BCUT2D eigenvalue weighted by atomic mass is 10.1. The molecule has 0 saturated carbocycles. The van der Waals surface area contributed by atoms with Crippen LogP contribution in [0.4, 0.5) is 16.5 Å². The summed E-state index contributed by atoms with van der Waals surface area (Å²) in [7, 11) is 0. The van der Waals surface area contributed by atoms with E-state index in [1.165, 1.54) is 23.5 Å². The molecule has 1 aromatic heterocycles. The molecule has 0 bridgehead atoms. The number of non-ortho nitro benzene ring substituents is 1. The minimum Gasteiger partial charge on any atom is -0.361 e. The summed E-state index contributed by atoms with van der Waals surface area (Å²) in [5.74, 6) is 0.288. The summed E-state index contributed by atoms with van der Waals surface area (Å²) in [4.78, 5) is 28.4. The minimum absolute atomic E-state index is 0.00505. The van der Waals surface area contributed by atoms with Crippen molar-refractivity contribution in [3.8, 4) is 11.3 Å². The molecule has 1 heterocycles. The number of para-hydroxylation sites is 1. The number of amides is 1. The molecule has 3 rings (SSSR count). The van der Waals surface area contributed by atoms with Crippen molar-refractivity contribution in [1.82, 2.24) is 4.98 Å². The molecule has 0 aliphatic heterocycles. The summed E-state index contributed by atoms with van der Waals surface area (Å²) < 4.78 is 0. The topological polar surface area (TPSA) is 97.2 Å². The number of nitrogens with zero attached hydrogens (tertiary/aromatic N) is 2. The minimum atomic E-state index is -0.452. The Hall–Kier alpha value is -3.26. The Kier molecular flexibility index (Phi) is 6.56. The van der Waals surface area contributed by atoms with Crippen molar-refractivity contribution in [2.75, 3.05) is 17.2 Å². The fourth-order valence-corrected chi connectivity index (χ4v) is 3.57. The van der Waals surface area contributed by atoms with Crippen molar-refractivity contribution in [2.24, 2.45) is 5.92 Å². The second-order valence-corrected chi connectivity index (χ2v) is 7.93. The Morgan fingerprint density at radius 1 is 1.14 bits per heavy atom. The van der Waals surface area contributed by atoms with Gasteiger partial charge in [0.1, 0.15) is 4.88 Å². The highest BCUT2D eigenvalue weighted by Gasteiger charge is 2.20. The van der Waals surface area contributed by atoms with Crippen LogP contribution in [0.1, 0.15) is 29.9 Å². The van der Waals surface area contributed by atoms with Gasteiger partial charge in [-0.15, -0.1) is 0 Å². The van der Waals surface area contributed by atoms with Crippen molar-refractivity contribution in [3.05, 3.63) is 69.6 Å². The first kappa shape index (κ1) is 20.5. The number of carbonyl (C=O) groups excluding carboxylic acids is 1. The average molecular weight is 410 g/mol. The zero-order valence-electron chi connectivity index (χ0n) is 16.2. The third kappa shape index (κ3) is 5.39. The number of aromatic nitrogens is 1. The fourth-order valence-electron chi connectivity index (χ4n) is 2.66. The molecule has 0 atom stereocenters. The largest absolute Gasteiger partial charge is 0.361 e. The molecule has 150 valence electrons. The molecular formula is C21H22N4O3S. The van der Waals surface area contributed by atoms with Crippen molar-refractivity contribution in [2.45, 2.75) is 20.3 Å². The molecule has 0 unspecified atom stereocenters. The van der Waals surface area contributed by atoms with Crippen molar-refractivity contribution >= 4 is 33.8 Å². The highest BCUT2D eigenvalue weighted by molar-refractivity contribution is 7.18. The molecule has 29 heavy (non-hydrogen) atoms. The van der Waals surface area contributed by atoms with E-state index in [0.29, 0.717) is 32.9 Å². The van der Waals surface area contributed by atoms with Gasteiger partial charge in [-0.1, -0.05) is 43.4 Å². The maximum absolute atomic E-state index is 12.9. The smallest absolute Gasteiger partial charge is 0.269 e. The van der Waals surface area contributed by atoms with E-state index in [1.54, 1.807) is 12.1 Å². The molecule has 8 heteroatoms. The lowest BCUT2D eigenvalue weighted by molar-refractivity contribution is -0.384. The molecule has 0 radical (unpaired) electrons. The lowest BCUT2D eigenvalue weighted by Gasteiger charge is -2.05. The highest BCUT2D eigenvalue weighted by Crippen LogP contribution is 2.33. The Morgan fingerprint density at radius 3 is 2.45 bits per heavy atom. The number of nitrogens with one attached hydrogen (secondary N) is 2. The van der Waals surface area contributed by atoms with E-state index in [2.05, 4.69) is 29.5 Å². The number of nitro benzene ring substituents is 1. The fraction of sp³-hybridized carbons (Fsp3) is 0.238. The summed E-state index contributed by atoms with van der Waals surface area (Å²) >= 11 is 1.28. The van der Waals surface area contributed by atoms with Gasteiger partial charge < -0.3 is 10.6 Å². The summed E-state index contributed by atoms with van der Waals surface area (Å²) in [5, 5.41) is 17.7. The van der Waals surface area contributed by atoms with Crippen molar-refractivity contribution in [1.29, 1.82) is 0 Å². The first-order valence-corrected chi connectivity index (χ1v) is 10.1. The molecular weight excluding hydrogens is 388 g/mol. The van der Waals surface area contributed by atoms with Crippen LogP contribution in [0.5, 0.6) is 0 Å². The molecule has 1 amide bonds. The lowest BCUT2D eigenvalue weighted by Crippen LogP contribution is -2.11. The summed E-state index contributed by atoms with van der Waals surface area (Å²) in [6.45, 7) is 5.04. The molecule has 0 fully saturated rings. The van der Waals surface area contributed by atoms with E-state index in [4.69, 9.17) is 0 Å². The van der Waals surface area contributed by atoms with Crippen LogP contribution in [0.3, 0.4) is 0 Å². The van der Waals surface area contributed by atoms with Gasteiger partial charge in [0.2, 0.25) is 0 Å². The highest BCUT2D eigenvalue weighted by atomic mass is 32.1. The predicted molar refractivity (Wildman–Crippen MR) is 117 cm³/mol. The van der Waals surface area contributed by atoms with Crippen LogP contribution in [0.25, 0.3) is 11.3 Å². The van der Waals surface area contributed by atoms with Gasteiger partial charge in [-0.2, -0.15) is 0 Å². The SMILES string of the molecule is CC(C)CCNc1nc(-c2ccc([N+](=O)[O-])cc2)c(C(=O)Nc2ccccc2)s1. The zero-order chi connectivity index (χ0) is 20.8. The molecule has 3 aromatic rings. The van der Waals surface area contributed by atoms with Crippen LogP contribution in [0.2, 0.25) is 0 Å². The molecule has 7 nitrogen and oxygen atoms in total. The van der Waals surface area contributed by atoms with E-state index in [1.807, 2.05) is 30.3 Å². The average Bonchev–Trinajstić information content (AvgIpc) is 3.13. The molecule has 0 saturated heterocycles. The van der Waals surface area contributed by atoms with Crippen LogP contribution in [-0.4, -0.2) is 22.4 Å². The third-order valence-corrected chi connectivity index (χ3v) is 5.23. The van der Waals surface area contributed by atoms with Crippen molar-refractivity contribution in [3.63, 3.8) is 0 Å². The van der Waals surface area contributed by atoms with Gasteiger partial charge in [0.05, 0.1) is 10.6 Å². The number of hydrogen-bond acceptors (Lipinski definition) is 6. The van der Waals surface area contributed by atoms with Gasteiger partial charge in [0, 0.05) is 29.9 Å². The van der Waals surface area contributed by atoms with Gasteiger partial charge >= 0.3 is 0 Å². The number of nitro groups is 1.